The highest BCUT2D eigenvalue weighted by molar-refractivity contribution is 5.67. The molecule has 0 saturated heterocycles. The number of anilines is 2. The Labute approximate surface area is 107 Å². The lowest BCUT2D eigenvalue weighted by Gasteiger charge is -2.09. The number of carboxylic acid groups (broad SMARTS) is 1. The molecule has 1 aromatic rings. The van der Waals surface area contributed by atoms with E-state index in [4.69, 9.17) is 5.11 Å². The molecule has 6 nitrogen and oxygen atoms in total. The van der Waals surface area contributed by atoms with Crippen molar-refractivity contribution in [2.24, 2.45) is 0 Å². The van der Waals surface area contributed by atoms with Crippen LogP contribution in [0.15, 0.2) is 6.07 Å². The second-order valence-corrected chi connectivity index (χ2v) is 4.04. The molecule has 18 heavy (non-hydrogen) atoms. The van der Waals surface area contributed by atoms with E-state index in [1.54, 1.807) is 6.07 Å². The molecular formula is C12H20N4O2. The van der Waals surface area contributed by atoms with Crippen molar-refractivity contribution in [2.75, 3.05) is 23.7 Å². The summed E-state index contributed by atoms with van der Waals surface area (Å²) in [6, 6.07) is 1.80. The number of aryl methyl sites for hydroxylation is 1. The number of nitrogens with zero attached hydrogens (tertiary/aromatic N) is 2. The number of hydrogen-bond acceptors (Lipinski definition) is 5. The van der Waals surface area contributed by atoms with Gasteiger partial charge in [0.2, 0.25) is 0 Å². The molecule has 1 rings (SSSR count). The fourth-order valence-corrected chi connectivity index (χ4v) is 1.44. The molecule has 0 spiro atoms. The van der Waals surface area contributed by atoms with Gasteiger partial charge < -0.3 is 15.7 Å². The summed E-state index contributed by atoms with van der Waals surface area (Å²) in [6.45, 7) is 5.18. The van der Waals surface area contributed by atoms with Crippen molar-refractivity contribution in [1.29, 1.82) is 0 Å². The summed E-state index contributed by atoms with van der Waals surface area (Å²) >= 11 is 0. The first-order valence-corrected chi connectivity index (χ1v) is 6.17. The van der Waals surface area contributed by atoms with Gasteiger partial charge in [-0.1, -0.05) is 13.3 Å². The molecule has 0 fully saturated rings. The molecule has 0 saturated carbocycles. The molecule has 6 heteroatoms. The topological polar surface area (TPSA) is 87.1 Å². The van der Waals surface area contributed by atoms with Crippen LogP contribution >= 0.6 is 0 Å². The lowest BCUT2D eigenvalue weighted by Crippen LogP contribution is -2.11. The van der Waals surface area contributed by atoms with Crippen LogP contribution < -0.4 is 10.6 Å². The van der Waals surface area contributed by atoms with Crippen molar-refractivity contribution in [2.45, 2.75) is 33.1 Å². The third kappa shape index (κ3) is 5.47. The molecule has 0 radical (unpaired) electrons. The van der Waals surface area contributed by atoms with Gasteiger partial charge in [-0.15, -0.1) is 0 Å². The number of nitrogens with one attached hydrogen (secondary N) is 2. The summed E-state index contributed by atoms with van der Waals surface area (Å²) in [5.74, 6) is 1.26. The van der Waals surface area contributed by atoms with Crippen LogP contribution in [0.1, 0.15) is 32.0 Å². The zero-order valence-electron chi connectivity index (χ0n) is 10.9. The zero-order valence-corrected chi connectivity index (χ0v) is 10.9. The summed E-state index contributed by atoms with van der Waals surface area (Å²) in [5.41, 5.74) is 0. The van der Waals surface area contributed by atoms with Crippen LogP contribution in [0.25, 0.3) is 0 Å². The van der Waals surface area contributed by atoms with Crippen LogP contribution in [0, 0.1) is 6.92 Å². The molecule has 0 bridgehead atoms. The van der Waals surface area contributed by atoms with E-state index in [0.29, 0.717) is 18.2 Å². The minimum absolute atomic E-state index is 0.0711. The number of unbranched alkanes of at least 4 members (excludes halogenated alkanes) is 1. The van der Waals surface area contributed by atoms with Gasteiger partial charge in [-0.05, 0) is 13.3 Å². The van der Waals surface area contributed by atoms with E-state index in [2.05, 4.69) is 27.5 Å². The largest absolute Gasteiger partial charge is 0.481 e. The van der Waals surface area contributed by atoms with E-state index in [1.165, 1.54) is 0 Å². The number of aliphatic carboxylic acids is 1. The van der Waals surface area contributed by atoms with Crippen LogP contribution in [0.2, 0.25) is 0 Å². The van der Waals surface area contributed by atoms with Gasteiger partial charge in [0.25, 0.3) is 0 Å². The highest BCUT2D eigenvalue weighted by Gasteiger charge is 2.02. The van der Waals surface area contributed by atoms with Crippen LogP contribution in [-0.2, 0) is 4.79 Å². The Morgan fingerprint density at radius 3 is 2.44 bits per heavy atom. The molecule has 1 aromatic heterocycles. The Kier molecular flexibility index (Phi) is 5.90. The lowest BCUT2D eigenvalue weighted by molar-refractivity contribution is -0.136. The predicted molar refractivity (Wildman–Crippen MR) is 70.9 cm³/mol. The summed E-state index contributed by atoms with van der Waals surface area (Å²) in [6.07, 6.45) is 2.28. The third-order valence-electron chi connectivity index (χ3n) is 2.32. The van der Waals surface area contributed by atoms with Crippen LogP contribution in [0.4, 0.5) is 11.6 Å². The Morgan fingerprint density at radius 1 is 1.28 bits per heavy atom. The minimum atomic E-state index is -0.824. The molecule has 0 aliphatic heterocycles. The van der Waals surface area contributed by atoms with E-state index in [9.17, 15) is 4.79 Å². The molecule has 0 aliphatic rings. The van der Waals surface area contributed by atoms with Gasteiger partial charge in [0.1, 0.15) is 17.5 Å². The quantitative estimate of drug-likeness (QED) is 0.612. The molecule has 3 N–H and O–H groups in total. The molecule has 0 aromatic carbocycles. The van der Waals surface area contributed by atoms with Gasteiger partial charge in [-0.2, -0.15) is 0 Å². The summed E-state index contributed by atoms with van der Waals surface area (Å²) < 4.78 is 0. The van der Waals surface area contributed by atoms with Crippen molar-refractivity contribution in [1.82, 2.24) is 9.97 Å². The van der Waals surface area contributed by atoms with Gasteiger partial charge in [-0.3, -0.25) is 4.79 Å². The van der Waals surface area contributed by atoms with Gasteiger partial charge >= 0.3 is 5.97 Å². The number of rotatable bonds is 8. The SMILES string of the molecule is CCCCNc1cc(NCCC(=O)O)nc(C)n1. The molecular weight excluding hydrogens is 232 g/mol. The van der Waals surface area contributed by atoms with Crippen molar-refractivity contribution in [3.63, 3.8) is 0 Å². The van der Waals surface area contributed by atoms with Gasteiger partial charge in [0.05, 0.1) is 6.42 Å². The average molecular weight is 252 g/mol. The van der Waals surface area contributed by atoms with Crippen molar-refractivity contribution in [3.05, 3.63) is 11.9 Å². The Morgan fingerprint density at radius 2 is 1.89 bits per heavy atom. The Balaban J connectivity index is 2.54. The van der Waals surface area contributed by atoms with Gasteiger partial charge in [0, 0.05) is 19.2 Å². The van der Waals surface area contributed by atoms with Crippen LogP contribution in [0.3, 0.4) is 0 Å². The molecule has 100 valence electrons. The number of aromatic nitrogens is 2. The molecule has 1 heterocycles. The maximum absolute atomic E-state index is 10.4. The van der Waals surface area contributed by atoms with Gasteiger partial charge in [-0.25, -0.2) is 9.97 Å². The first-order chi connectivity index (χ1) is 8.61. The maximum atomic E-state index is 10.4. The number of carbonyl (C=O) groups is 1. The fourth-order valence-electron chi connectivity index (χ4n) is 1.44. The molecule has 0 aliphatic carbocycles. The monoisotopic (exact) mass is 252 g/mol. The zero-order chi connectivity index (χ0) is 13.4. The minimum Gasteiger partial charge on any atom is -0.481 e. The van der Waals surface area contributed by atoms with E-state index in [0.717, 1.165) is 25.2 Å². The average Bonchev–Trinajstić information content (AvgIpc) is 2.28. The maximum Gasteiger partial charge on any atom is 0.305 e. The summed E-state index contributed by atoms with van der Waals surface area (Å²) in [4.78, 5) is 18.9. The fraction of sp³-hybridized carbons (Fsp3) is 0.583. The number of hydrogen-bond donors (Lipinski definition) is 3. The van der Waals surface area contributed by atoms with Crippen LogP contribution in [-0.4, -0.2) is 34.1 Å². The molecule has 0 unspecified atom stereocenters. The molecule has 0 atom stereocenters. The van der Waals surface area contributed by atoms with Crippen molar-refractivity contribution >= 4 is 17.6 Å². The number of carboxylic acids is 1. The van der Waals surface area contributed by atoms with E-state index >= 15 is 0 Å². The highest BCUT2D eigenvalue weighted by Crippen LogP contribution is 2.11. The van der Waals surface area contributed by atoms with Gasteiger partial charge in [0.15, 0.2) is 0 Å². The first-order valence-electron chi connectivity index (χ1n) is 6.17. The standard InChI is InChI=1S/C12H20N4O2/c1-3-4-6-13-10-8-11(16-9(2)15-10)14-7-5-12(17)18/h8H,3-7H2,1-2H3,(H,17,18)(H2,13,14,15,16). The lowest BCUT2D eigenvalue weighted by atomic mass is 10.3. The first kappa shape index (κ1) is 14.2. The van der Waals surface area contributed by atoms with Crippen molar-refractivity contribution < 1.29 is 9.90 Å². The van der Waals surface area contributed by atoms with E-state index in [-0.39, 0.29) is 6.42 Å². The molecule has 0 amide bonds. The highest BCUT2D eigenvalue weighted by atomic mass is 16.4. The third-order valence-corrected chi connectivity index (χ3v) is 2.32. The smallest absolute Gasteiger partial charge is 0.305 e. The van der Waals surface area contributed by atoms with Crippen molar-refractivity contribution in [3.8, 4) is 0 Å². The predicted octanol–water partition coefficient (Wildman–Crippen LogP) is 1.88. The van der Waals surface area contributed by atoms with E-state index < -0.39 is 5.97 Å². The van der Waals surface area contributed by atoms with Crippen LogP contribution in [0.5, 0.6) is 0 Å². The summed E-state index contributed by atoms with van der Waals surface area (Å²) in [5, 5.41) is 14.8. The summed E-state index contributed by atoms with van der Waals surface area (Å²) in [7, 11) is 0. The Hall–Kier alpha value is -1.85. The second kappa shape index (κ2) is 7.47. The Bertz CT molecular complexity index is 396. The van der Waals surface area contributed by atoms with E-state index in [1.807, 2.05) is 6.92 Å². The second-order valence-electron chi connectivity index (χ2n) is 4.04. The normalized spacial score (nSPS) is 10.1.